The minimum absolute atomic E-state index is 0.181. The summed E-state index contributed by atoms with van der Waals surface area (Å²) in [5.74, 6) is 0.181. The van der Waals surface area contributed by atoms with Crippen molar-refractivity contribution in [3.8, 4) is 0 Å². The molecule has 1 aliphatic rings. The SMILES string of the molecule is Brc1cccc2ncccc12.O=C1C=Cc2c(Br)cccc2C1.[O-][n+]1cccc2c(Br)cccc21. The van der Waals surface area contributed by atoms with E-state index in [0.29, 0.717) is 11.9 Å². The van der Waals surface area contributed by atoms with Crippen molar-refractivity contribution in [1.82, 2.24) is 4.98 Å². The Morgan fingerprint density at radius 3 is 2.20 bits per heavy atom. The van der Waals surface area contributed by atoms with E-state index in [1.807, 2.05) is 72.8 Å². The van der Waals surface area contributed by atoms with Gasteiger partial charge in [-0.3, -0.25) is 9.78 Å². The molecule has 0 amide bonds. The number of ketones is 1. The highest BCUT2D eigenvalue weighted by molar-refractivity contribution is 9.11. The first-order valence-corrected chi connectivity index (χ1v) is 13.1. The summed E-state index contributed by atoms with van der Waals surface area (Å²) < 4.78 is 3.97. The molecule has 0 N–H and O–H groups in total. The number of hydrogen-bond donors (Lipinski definition) is 0. The highest BCUT2D eigenvalue weighted by Gasteiger charge is 2.11. The predicted octanol–water partition coefficient (Wildman–Crippen LogP) is 7.82. The molecule has 6 rings (SSSR count). The fraction of sp³-hybridized carbons (Fsp3) is 0.0357. The maximum atomic E-state index is 11.2. The quantitative estimate of drug-likeness (QED) is 0.126. The molecule has 2 heterocycles. The number of benzene rings is 3. The Hall–Kier alpha value is -2.87. The molecule has 35 heavy (non-hydrogen) atoms. The van der Waals surface area contributed by atoms with E-state index in [0.717, 1.165) is 45.6 Å². The van der Waals surface area contributed by atoms with Gasteiger partial charge in [0, 0.05) is 43.6 Å². The summed E-state index contributed by atoms with van der Waals surface area (Å²) >= 11 is 10.3. The standard InChI is InChI=1S/C10H7BrO.C9H6BrNO.C9H6BrN/c11-10-3-1-2-7-6-8(12)4-5-9(7)10;10-8-4-1-5-9-7(8)3-2-6-11(9)12;10-8-4-1-5-9-7(8)3-2-6-11-9/h1-5H,6H2;1-6H;1-6H. The highest BCUT2D eigenvalue weighted by atomic mass is 79.9. The van der Waals surface area contributed by atoms with Crippen LogP contribution >= 0.6 is 47.8 Å². The van der Waals surface area contributed by atoms with Gasteiger partial charge in [0.2, 0.25) is 5.52 Å². The van der Waals surface area contributed by atoms with E-state index in [-0.39, 0.29) is 5.78 Å². The zero-order valence-corrected chi connectivity index (χ0v) is 23.1. The molecule has 0 unspecified atom stereocenters. The summed E-state index contributed by atoms with van der Waals surface area (Å²) in [6, 6.07) is 25.1. The van der Waals surface area contributed by atoms with E-state index >= 15 is 0 Å². The lowest BCUT2D eigenvalue weighted by molar-refractivity contribution is -0.577. The van der Waals surface area contributed by atoms with Crippen molar-refractivity contribution in [3.05, 3.63) is 127 Å². The number of allylic oxidation sites excluding steroid dienone is 1. The number of pyridine rings is 2. The number of nitrogens with zero attached hydrogens (tertiary/aromatic N) is 2. The maximum absolute atomic E-state index is 11.2. The van der Waals surface area contributed by atoms with Crippen molar-refractivity contribution in [3.63, 3.8) is 0 Å². The maximum Gasteiger partial charge on any atom is 0.224 e. The van der Waals surface area contributed by atoms with E-state index in [9.17, 15) is 10.0 Å². The Morgan fingerprint density at radius 2 is 1.43 bits per heavy atom. The second-order valence-corrected chi connectivity index (χ2v) is 10.2. The van der Waals surface area contributed by atoms with Crippen molar-refractivity contribution >= 4 is 81.5 Å². The molecule has 0 saturated carbocycles. The molecule has 0 atom stereocenters. The molecule has 3 aromatic carbocycles. The lowest BCUT2D eigenvalue weighted by atomic mass is 9.97. The molecule has 7 heteroatoms. The Morgan fingerprint density at radius 1 is 0.743 bits per heavy atom. The van der Waals surface area contributed by atoms with Gasteiger partial charge in [-0.2, -0.15) is 4.73 Å². The number of rotatable bonds is 0. The van der Waals surface area contributed by atoms with Crippen molar-refractivity contribution in [2.45, 2.75) is 6.42 Å². The van der Waals surface area contributed by atoms with E-state index in [1.54, 1.807) is 24.4 Å². The third-order valence-electron chi connectivity index (χ3n) is 5.29. The van der Waals surface area contributed by atoms with Gasteiger partial charge in [-0.1, -0.05) is 68.3 Å². The Bertz CT molecular complexity index is 1500. The molecule has 2 aromatic heterocycles. The summed E-state index contributed by atoms with van der Waals surface area (Å²) in [5.41, 5.74) is 3.96. The number of hydrogen-bond acceptors (Lipinski definition) is 3. The Kier molecular flexibility index (Phi) is 8.44. The van der Waals surface area contributed by atoms with Crippen LogP contribution in [0.5, 0.6) is 0 Å². The predicted molar refractivity (Wildman–Crippen MR) is 152 cm³/mol. The van der Waals surface area contributed by atoms with Crippen LogP contribution in [0.4, 0.5) is 0 Å². The Labute approximate surface area is 228 Å². The van der Waals surface area contributed by atoms with Crippen LogP contribution in [0.15, 0.2) is 111 Å². The molecule has 5 aromatic rings. The smallest absolute Gasteiger partial charge is 0.224 e. The molecule has 0 fully saturated rings. The Balaban J connectivity index is 0.000000124. The van der Waals surface area contributed by atoms with Gasteiger partial charge in [0.25, 0.3) is 0 Å². The molecule has 174 valence electrons. The van der Waals surface area contributed by atoms with Crippen molar-refractivity contribution in [1.29, 1.82) is 0 Å². The lowest BCUT2D eigenvalue weighted by Crippen LogP contribution is -2.25. The average Bonchev–Trinajstić information content (AvgIpc) is 2.86. The molecule has 0 spiro atoms. The highest BCUT2D eigenvalue weighted by Crippen LogP contribution is 2.25. The summed E-state index contributed by atoms with van der Waals surface area (Å²) in [6.45, 7) is 0. The zero-order chi connectivity index (χ0) is 24.8. The van der Waals surface area contributed by atoms with Gasteiger partial charge in [0.15, 0.2) is 12.0 Å². The van der Waals surface area contributed by atoms with Gasteiger partial charge < -0.3 is 5.21 Å². The third kappa shape index (κ3) is 6.23. The van der Waals surface area contributed by atoms with Gasteiger partial charge >= 0.3 is 0 Å². The summed E-state index contributed by atoms with van der Waals surface area (Å²) in [5, 5.41) is 13.3. The molecule has 0 saturated heterocycles. The normalized spacial score (nSPS) is 11.8. The molecule has 0 bridgehead atoms. The molecular formula is C28H19Br3N2O2. The fourth-order valence-corrected chi connectivity index (χ4v) is 5.11. The minimum atomic E-state index is 0.181. The number of halogens is 3. The van der Waals surface area contributed by atoms with Crippen LogP contribution in [0.1, 0.15) is 11.1 Å². The van der Waals surface area contributed by atoms with Crippen LogP contribution in [-0.2, 0) is 11.2 Å². The topological polar surface area (TPSA) is 56.9 Å². The first-order chi connectivity index (χ1) is 16.9. The van der Waals surface area contributed by atoms with Crippen LogP contribution in [0.25, 0.3) is 27.9 Å². The van der Waals surface area contributed by atoms with E-state index < -0.39 is 0 Å². The van der Waals surface area contributed by atoms with Gasteiger partial charge in [0.05, 0.1) is 10.9 Å². The molecule has 1 aliphatic carbocycles. The number of carbonyl (C=O) groups excluding carboxylic acids is 1. The van der Waals surface area contributed by atoms with Gasteiger partial charge in [-0.15, -0.1) is 0 Å². The van der Waals surface area contributed by atoms with Gasteiger partial charge in [-0.25, -0.2) is 0 Å². The largest absolute Gasteiger partial charge is 0.618 e. The third-order valence-corrected chi connectivity index (χ3v) is 7.36. The molecular weight excluding hydrogens is 636 g/mol. The number of fused-ring (bicyclic) bond motifs is 3. The van der Waals surface area contributed by atoms with E-state index in [2.05, 4.69) is 52.8 Å². The van der Waals surface area contributed by atoms with Crippen LogP contribution < -0.4 is 4.73 Å². The second kappa shape index (κ2) is 11.7. The lowest BCUT2D eigenvalue weighted by Gasteiger charge is -2.10. The van der Waals surface area contributed by atoms with Crippen molar-refractivity contribution in [2.24, 2.45) is 0 Å². The van der Waals surface area contributed by atoms with Gasteiger partial charge in [-0.05, 0) is 69.5 Å². The summed E-state index contributed by atoms with van der Waals surface area (Å²) in [6.07, 6.45) is 7.33. The number of carbonyl (C=O) groups is 1. The molecule has 0 radical (unpaired) electrons. The number of aromatic nitrogens is 2. The van der Waals surface area contributed by atoms with E-state index in [1.165, 1.54) is 6.20 Å². The van der Waals surface area contributed by atoms with Crippen LogP contribution in [0.2, 0.25) is 0 Å². The van der Waals surface area contributed by atoms with Crippen LogP contribution in [-0.4, -0.2) is 10.8 Å². The van der Waals surface area contributed by atoms with Crippen LogP contribution in [0, 0.1) is 5.21 Å². The average molecular weight is 655 g/mol. The molecule has 4 nitrogen and oxygen atoms in total. The summed E-state index contributed by atoms with van der Waals surface area (Å²) in [4.78, 5) is 15.2. The minimum Gasteiger partial charge on any atom is -0.618 e. The first-order valence-electron chi connectivity index (χ1n) is 10.7. The first kappa shape index (κ1) is 25.2. The van der Waals surface area contributed by atoms with Crippen molar-refractivity contribution < 1.29 is 9.52 Å². The van der Waals surface area contributed by atoms with Gasteiger partial charge in [0.1, 0.15) is 0 Å². The second-order valence-electron chi connectivity index (χ2n) is 7.61. The zero-order valence-electron chi connectivity index (χ0n) is 18.4. The monoisotopic (exact) mass is 652 g/mol. The summed E-state index contributed by atoms with van der Waals surface area (Å²) in [7, 11) is 0. The molecule has 0 aliphatic heterocycles. The van der Waals surface area contributed by atoms with Crippen LogP contribution in [0.3, 0.4) is 0 Å². The van der Waals surface area contributed by atoms with Crippen molar-refractivity contribution in [2.75, 3.05) is 0 Å². The van der Waals surface area contributed by atoms with E-state index in [4.69, 9.17) is 0 Å². The fourth-order valence-electron chi connectivity index (χ4n) is 3.59.